The van der Waals surface area contributed by atoms with Crippen molar-refractivity contribution in [1.82, 2.24) is 10.6 Å². The summed E-state index contributed by atoms with van der Waals surface area (Å²) in [7, 11) is 0. The van der Waals surface area contributed by atoms with Crippen LogP contribution in [0.15, 0.2) is 0 Å². The maximum atomic E-state index is 12.2. The Morgan fingerprint density at radius 3 is 2.21 bits per heavy atom. The van der Waals surface area contributed by atoms with Crippen LogP contribution in [0.1, 0.15) is 72.6 Å². The molecule has 2 N–H and O–H groups in total. The van der Waals surface area contributed by atoms with Crippen molar-refractivity contribution in [2.75, 3.05) is 0 Å². The number of carbonyl (C=O) groups excluding carboxylic acids is 1. The minimum atomic E-state index is -0.0856. The molecule has 0 aromatic rings. The van der Waals surface area contributed by atoms with E-state index in [-0.39, 0.29) is 11.9 Å². The van der Waals surface area contributed by atoms with Crippen LogP contribution < -0.4 is 10.6 Å². The molecule has 0 bridgehead atoms. The second-order valence-electron chi connectivity index (χ2n) is 6.10. The minimum Gasteiger partial charge on any atom is -0.352 e. The van der Waals surface area contributed by atoms with Crippen LogP contribution in [0, 0.1) is 5.92 Å². The number of amides is 1. The lowest BCUT2D eigenvalue weighted by Gasteiger charge is -2.28. The van der Waals surface area contributed by atoms with Gasteiger partial charge in [-0.25, -0.2) is 0 Å². The maximum absolute atomic E-state index is 12.2. The molecule has 1 aliphatic rings. The van der Waals surface area contributed by atoms with Gasteiger partial charge >= 0.3 is 0 Å². The van der Waals surface area contributed by atoms with E-state index in [1.807, 2.05) is 6.92 Å². The van der Waals surface area contributed by atoms with E-state index >= 15 is 0 Å². The van der Waals surface area contributed by atoms with Crippen molar-refractivity contribution < 1.29 is 4.79 Å². The molecule has 1 fully saturated rings. The molecule has 3 nitrogen and oxygen atoms in total. The molecule has 0 aromatic heterocycles. The lowest BCUT2D eigenvalue weighted by atomic mass is 9.94. The van der Waals surface area contributed by atoms with E-state index in [0.717, 1.165) is 12.8 Å². The summed E-state index contributed by atoms with van der Waals surface area (Å²) in [5, 5.41) is 6.66. The van der Waals surface area contributed by atoms with Crippen LogP contribution in [0.2, 0.25) is 0 Å². The van der Waals surface area contributed by atoms with E-state index in [1.165, 1.54) is 32.1 Å². The highest BCUT2D eigenvalue weighted by atomic mass is 16.2. The molecule has 3 heteroatoms. The number of carbonyl (C=O) groups is 1. The van der Waals surface area contributed by atoms with Crippen LogP contribution in [0.4, 0.5) is 0 Å². The molecule has 2 unspecified atom stereocenters. The van der Waals surface area contributed by atoms with Crippen LogP contribution in [0.3, 0.4) is 0 Å². The van der Waals surface area contributed by atoms with Crippen LogP contribution in [0.25, 0.3) is 0 Å². The molecule has 0 saturated heterocycles. The third-order valence-corrected chi connectivity index (χ3v) is 4.61. The molecule has 1 aliphatic carbocycles. The van der Waals surface area contributed by atoms with Gasteiger partial charge in [0.15, 0.2) is 0 Å². The molecular formula is C16H32N2O. The molecule has 112 valence electrons. The lowest BCUT2D eigenvalue weighted by molar-refractivity contribution is -0.123. The first-order valence-corrected chi connectivity index (χ1v) is 8.14. The van der Waals surface area contributed by atoms with Crippen molar-refractivity contribution in [2.45, 2.75) is 90.8 Å². The highest BCUT2D eigenvalue weighted by molar-refractivity contribution is 5.81. The summed E-state index contributed by atoms with van der Waals surface area (Å²) in [4.78, 5) is 12.2. The fraction of sp³-hybridized carbons (Fsp3) is 0.938. The Hall–Kier alpha value is -0.570. The first-order chi connectivity index (χ1) is 9.08. The molecule has 1 rings (SSSR count). The quantitative estimate of drug-likeness (QED) is 0.744. The molecule has 19 heavy (non-hydrogen) atoms. The van der Waals surface area contributed by atoms with Crippen molar-refractivity contribution in [3.8, 4) is 0 Å². The molecule has 0 aromatic carbocycles. The van der Waals surface area contributed by atoms with E-state index in [4.69, 9.17) is 0 Å². The molecule has 1 saturated carbocycles. The van der Waals surface area contributed by atoms with Gasteiger partial charge in [-0.3, -0.25) is 4.79 Å². The average molecular weight is 268 g/mol. The normalized spacial score (nSPS) is 20.3. The summed E-state index contributed by atoms with van der Waals surface area (Å²) in [6.07, 6.45) is 8.49. The molecule has 0 spiro atoms. The number of hydrogen-bond acceptors (Lipinski definition) is 2. The smallest absolute Gasteiger partial charge is 0.237 e. The number of nitrogens with one attached hydrogen (secondary N) is 2. The predicted molar refractivity (Wildman–Crippen MR) is 81.1 cm³/mol. The summed E-state index contributed by atoms with van der Waals surface area (Å²) in [5.74, 6) is 0.828. The van der Waals surface area contributed by atoms with Crippen molar-refractivity contribution in [2.24, 2.45) is 5.92 Å². The summed E-state index contributed by atoms with van der Waals surface area (Å²) < 4.78 is 0. The second-order valence-corrected chi connectivity index (χ2v) is 6.10. The Bertz CT molecular complexity index is 257. The Morgan fingerprint density at radius 2 is 1.68 bits per heavy atom. The third-order valence-electron chi connectivity index (χ3n) is 4.61. The zero-order valence-corrected chi connectivity index (χ0v) is 13.2. The van der Waals surface area contributed by atoms with E-state index in [1.54, 1.807) is 0 Å². The zero-order chi connectivity index (χ0) is 14.3. The van der Waals surface area contributed by atoms with Crippen molar-refractivity contribution >= 4 is 5.91 Å². The zero-order valence-electron chi connectivity index (χ0n) is 13.2. The Morgan fingerprint density at radius 1 is 1.11 bits per heavy atom. The van der Waals surface area contributed by atoms with Crippen molar-refractivity contribution in [3.63, 3.8) is 0 Å². The van der Waals surface area contributed by atoms with Gasteiger partial charge in [0.1, 0.15) is 0 Å². The molecule has 1 amide bonds. The maximum Gasteiger partial charge on any atom is 0.237 e. The molecule has 0 heterocycles. The van der Waals surface area contributed by atoms with E-state index < -0.39 is 0 Å². The van der Waals surface area contributed by atoms with Crippen LogP contribution in [-0.2, 0) is 4.79 Å². The fourth-order valence-corrected chi connectivity index (χ4v) is 3.18. The summed E-state index contributed by atoms with van der Waals surface area (Å²) in [6.45, 7) is 8.62. The van der Waals surface area contributed by atoms with Crippen LogP contribution in [0.5, 0.6) is 0 Å². The summed E-state index contributed by atoms with van der Waals surface area (Å²) in [5.41, 5.74) is 0. The van der Waals surface area contributed by atoms with Gasteiger partial charge in [-0.1, -0.05) is 46.0 Å². The Balaban J connectivity index is 2.34. The van der Waals surface area contributed by atoms with Gasteiger partial charge in [0, 0.05) is 12.1 Å². The van der Waals surface area contributed by atoms with Gasteiger partial charge in [0.25, 0.3) is 0 Å². The van der Waals surface area contributed by atoms with Crippen LogP contribution in [-0.4, -0.2) is 24.0 Å². The molecule has 2 atom stereocenters. The highest BCUT2D eigenvalue weighted by Crippen LogP contribution is 2.17. The second kappa shape index (κ2) is 8.57. The third kappa shape index (κ3) is 5.52. The van der Waals surface area contributed by atoms with Gasteiger partial charge in [-0.15, -0.1) is 0 Å². The van der Waals surface area contributed by atoms with Gasteiger partial charge in [0.2, 0.25) is 5.91 Å². The van der Waals surface area contributed by atoms with Crippen molar-refractivity contribution in [3.05, 3.63) is 0 Å². The standard InChI is InChI=1S/C16H32N2O/c1-5-14(6-2)12(3)17-13(4)16(19)18-15-10-8-7-9-11-15/h12-15,17H,5-11H2,1-4H3,(H,18,19). The SMILES string of the molecule is CCC(CC)C(C)NC(C)C(=O)NC1CCCCC1. The Kier molecular flexibility index (Phi) is 7.44. The first kappa shape index (κ1) is 16.5. The predicted octanol–water partition coefficient (Wildman–Crippen LogP) is 3.24. The molecule has 0 radical (unpaired) electrons. The fourth-order valence-electron chi connectivity index (χ4n) is 3.18. The van der Waals surface area contributed by atoms with E-state index in [2.05, 4.69) is 31.4 Å². The lowest BCUT2D eigenvalue weighted by Crippen LogP contribution is -2.50. The molecular weight excluding hydrogens is 236 g/mol. The summed E-state index contributed by atoms with van der Waals surface area (Å²) in [6, 6.07) is 0.730. The average Bonchev–Trinajstić information content (AvgIpc) is 2.41. The molecule has 0 aliphatic heterocycles. The summed E-state index contributed by atoms with van der Waals surface area (Å²) >= 11 is 0. The van der Waals surface area contributed by atoms with Gasteiger partial charge in [-0.05, 0) is 32.6 Å². The monoisotopic (exact) mass is 268 g/mol. The van der Waals surface area contributed by atoms with Gasteiger partial charge in [0.05, 0.1) is 6.04 Å². The first-order valence-electron chi connectivity index (χ1n) is 8.14. The minimum absolute atomic E-state index is 0.0856. The van der Waals surface area contributed by atoms with Crippen molar-refractivity contribution in [1.29, 1.82) is 0 Å². The van der Waals surface area contributed by atoms with Crippen LogP contribution >= 0.6 is 0 Å². The van der Waals surface area contributed by atoms with Gasteiger partial charge < -0.3 is 10.6 Å². The topological polar surface area (TPSA) is 41.1 Å². The van der Waals surface area contributed by atoms with E-state index in [9.17, 15) is 4.79 Å². The number of hydrogen-bond donors (Lipinski definition) is 2. The van der Waals surface area contributed by atoms with Gasteiger partial charge in [-0.2, -0.15) is 0 Å². The highest BCUT2D eigenvalue weighted by Gasteiger charge is 2.22. The number of rotatable bonds is 7. The Labute approximate surface area is 118 Å². The largest absolute Gasteiger partial charge is 0.352 e. The van der Waals surface area contributed by atoms with E-state index in [0.29, 0.717) is 18.0 Å².